The van der Waals surface area contributed by atoms with Gasteiger partial charge in [-0.2, -0.15) is 0 Å². The quantitative estimate of drug-likeness (QED) is 0.544. The number of aromatic amines is 2. The lowest BCUT2D eigenvalue weighted by molar-refractivity contribution is -0.274. The molecule has 0 aliphatic rings. The second-order valence-electron chi connectivity index (χ2n) is 5.41. The predicted molar refractivity (Wildman–Crippen MR) is 94.1 cm³/mol. The van der Waals surface area contributed by atoms with Gasteiger partial charge in [-0.15, -0.1) is 13.2 Å². The highest BCUT2D eigenvalue weighted by molar-refractivity contribution is 7.92. The Morgan fingerprint density at radius 1 is 0.964 bits per heavy atom. The van der Waals surface area contributed by atoms with Gasteiger partial charge in [0, 0.05) is 5.69 Å². The van der Waals surface area contributed by atoms with Crippen LogP contribution in [0, 0.1) is 0 Å². The monoisotopic (exact) mass is 435 g/mol. The van der Waals surface area contributed by atoms with Crippen molar-refractivity contribution in [2.45, 2.75) is 11.3 Å². The molecule has 0 saturated heterocycles. The first kappa shape index (κ1) is 19.8. The summed E-state index contributed by atoms with van der Waals surface area (Å²) < 4.78 is 67.5. The average molecular weight is 436 g/mol. The van der Waals surface area contributed by atoms with Gasteiger partial charge in [-0.05, 0) is 36.4 Å². The number of hydrogen-bond donors (Lipinski definition) is 3. The van der Waals surface area contributed by atoms with Crippen LogP contribution in [0.15, 0.2) is 50.9 Å². The molecule has 28 heavy (non-hydrogen) atoms. The van der Waals surface area contributed by atoms with E-state index in [-0.39, 0.29) is 21.7 Å². The average Bonchev–Trinajstić information content (AvgIpc) is 2.56. The smallest absolute Gasteiger partial charge is 0.406 e. The summed E-state index contributed by atoms with van der Waals surface area (Å²) in [5.41, 5.74) is -1.84. The number of sulfonamides is 1. The van der Waals surface area contributed by atoms with E-state index in [4.69, 9.17) is 11.6 Å². The summed E-state index contributed by atoms with van der Waals surface area (Å²) in [7, 11) is -4.27. The molecule has 8 nitrogen and oxygen atoms in total. The molecule has 1 aromatic heterocycles. The maximum atomic E-state index is 12.6. The van der Waals surface area contributed by atoms with Crippen LogP contribution in [0.1, 0.15) is 0 Å². The minimum Gasteiger partial charge on any atom is -0.406 e. The molecule has 148 valence electrons. The third-order valence-electron chi connectivity index (χ3n) is 3.40. The van der Waals surface area contributed by atoms with E-state index >= 15 is 0 Å². The Kier molecular flexibility index (Phi) is 4.85. The van der Waals surface area contributed by atoms with E-state index in [1.165, 1.54) is 0 Å². The Hall–Kier alpha value is -2.99. The summed E-state index contributed by atoms with van der Waals surface area (Å²) in [5, 5.41) is -0.250. The molecule has 0 spiro atoms. The molecule has 3 aromatic rings. The summed E-state index contributed by atoms with van der Waals surface area (Å²) in [6, 6.07) is 6.16. The van der Waals surface area contributed by atoms with Crippen molar-refractivity contribution in [3.63, 3.8) is 0 Å². The van der Waals surface area contributed by atoms with Crippen molar-refractivity contribution < 1.29 is 26.3 Å². The SMILES string of the molecule is O=c1[nH]c2cc(Cl)c(S(=O)(=O)Nc3ccc(OC(F)(F)F)cc3)cc2[nH]c1=O. The fraction of sp³-hybridized carbons (Fsp3) is 0.0667. The third-order valence-corrected chi connectivity index (χ3v) is 5.25. The molecule has 0 aliphatic heterocycles. The maximum Gasteiger partial charge on any atom is 0.573 e. The normalized spacial score (nSPS) is 12.1. The van der Waals surface area contributed by atoms with Crippen LogP contribution in [-0.2, 0) is 10.0 Å². The number of fused-ring (bicyclic) bond motifs is 1. The van der Waals surface area contributed by atoms with Crippen molar-refractivity contribution in [1.29, 1.82) is 0 Å². The number of halogens is 4. The van der Waals surface area contributed by atoms with Gasteiger partial charge in [-0.1, -0.05) is 11.6 Å². The predicted octanol–water partition coefficient (Wildman–Crippen LogP) is 2.57. The largest absolute Gasteiger partial charge is 0.573 e. The summed E-state index contributed by atoms with van der Waals surface area (Å²) in [4.78, 5) is 26.8. The number of ether oxygens (including phenoxy) is 1. The van der Waals surface area contributed by atoms with Crippen LogP contribution < -0.4 is 20.6 Å². The zero-order valence-corrected chi connectivity index (χ0v) is 15.0. The molecule has 0 saturated carbocycles. The van der Waals surface area contributed by atoms with Gasteiger partial charge in [0.2, 0.25) is 0 Å². The number of alkyl halides is 3. The Morgan fingerprint density at radius 2 is 1.50 bits per heavy atom. The van der Waals surface area contributed by atoms with Crippen molar-refractivity contribution in [2.24, 2.45) is 0 Å². The van der Waals surface area contributed by atoms with Crippen molar-refractivity contribution >= 4 is 38.3 Å². The van der Waals surface area contributed by atoms with Crippen LogP contribution >= 0.6 is 11.6 Å². The van der Waals surface area contributed by atoms with Gasteiger partial charge in [0.25, 0.3) is 10.0 Å². The number of aromatic nitrogens is 2. The summed E-state index contributed by atoms with van der Waals surface area (Å²) >= 11 is 5.97. The van der Waals surface area contributed by atoms with Crippen LogP contribution in [0.5, 0.6) is 5.75 Å². The number of benzene rings is 2. The minimum absolute atomic E-state index is 0.0169. The molecular formula is C15H9ClF3N3O5S. The molecule has 3 rings (SSSR count). The molecule has 0 bridgehead atoms. The standard InChI is InChI=1S/C15H9ClF3N3O5S/c16-9-5-10-11(21-14(24)13(23)20-10)6-12(9)28(25,26)22-7-1-3-8(4-2-7)27-15(17,18)19/h1-6,22H,(H,20,23)(H,21,24). The zero-order valence-electron chi connectivity index (χ0n) is 13.4. The lowest BCUT2D eigenvalue weighted by Gasteiger charge is -2.12. The van der Waals surface area contributed by atoms with E-state index in [2.05, 4.69) is 19.4 Å². The van der Waals surface area contributed by atoms with Crippen LogP contribution in [0.2, 0.25) is 5.02 Å². The highest BCUT2D eigenvalue weighted by Gasteiger charge is 2.31. The van der Waals surface area contributed by atoms with E-state index in [1.807, 2.05) is 0 Å². The first-order valence-electron chi connectivity index (χ1n) is 7.29. The Labute approximate surface area is 159 Å². The van der Waals surface area contributed by atoms with Crippen LogP contribution in [0.3, 0.4) is 0 Å². The fourth-order valence-corrected chi connectivity index (χ4v) is 3.87. The van der Waals surface area contributed by atoms with Gasteiger partial charge in [0.1, 0.15) is 10.6 Å². The fourth-order valence-electron chi connectivity index (χ4n) is 2.26. The van der Waals surface area contributed by atoms with Crippen molar-refractivity contribution in [3.8, 4) is 5.75 Å². The molecule has 1 heterocycles. The molecule has 0 atom stereocenters. The highest BCUT2D eigenvalue weighted by Crippen LogP contribution is 2.28. The molecule has 2 aromatic carbocycles. The molecule has 0 radical (unpaired) electrons. The first-order valence-corrected chi connectivity index (χ1v) is 9.15. The zero-order chi connectivity index (χ0) is 20.7. The number of hydrogen-bond acceptors (Lipinski definition) is 5. The second kappa shape index (κ2) is 6.87. The first-order chi connectivity index (χ1) is 12.9. The second-order valence-corrected chi connectivity index (χ2v) is 7.47. The van der Waals surface area contributed by atoms with E-state index in [0.29, 0.717) is 0 Å². The molecular weight excluding hydrogens is 427 g/mol. The number of rotatable bonds is 4. The van der Waals surface area contributed by atoms with Gasteiger partial charge >= 0.3 is 17.5 Å². The topological polar surface area (TPSA) is 121 Å². The number of H-pyrrole nitrogens is 2. The molecule has 0 aliphatic carbocycles. The van der Waals surface area contributed by atoms with Crippen molar-refractivity contribution in [3.05, 3.63) is 62.1 Å². The lowest BCUT2D eigenvalue weighted by atomic mass is 10.3. The Bertz CT molecular complexity index is 1270. The minimum atomic E-state index is -4.88. The van der Waals surface area contributed by atoms with E-state index < -0.39 is 38.1 Å². The Balaban J connectivity index is 1.94. The highest BCUT2D eigenvalue weighted by atomic mass is 35.5. The van der Waals surface area contributed by atoms with E-state index in [1.54, 1.807) is 0 Å². The Morgan fingerprint density at radius 3 is 2.04 bits per heavy atom. The van der Waals surface area contributed by atoms with Gasteiger partial charge in [0.05, 0.1) is 16.1 Å². The lowest BCUT2D eigenvalue weighted by Crippen LogP contribution is -2.29. The number of anilines is 1. The number of nitrogens with one attached hydrogen (secondary N) is 3. The van der Waals surface area contributed by atoms with Gasteiger partial charge in [0.15, 0.2) is 0 Å². The maximum absolute atomic E-state index is 12.6. The van der Waals surface area contributed by atoms with Crippen LogP contribution in [0.4, 0.5) is 18.9 Å². The van der Waals surface area contributed by atoms with Gasteiger partial charge < -0.3 is 14.7 Å². The van der Waals surface area contributed by atoms with Crippen molar-refractivity contribution in [2.75, 3.05) is 4.72 Å². The van der Waals surface area contributed by atoms with Crippen molar-refractivity contribution in [1.82, 2.24) is 9.97 Å². The summed E-state index contributed by atoms with van der Waals surface area (Å²) in [6.07, 6.45) is -4.88. The molecule has 3 N–H and O–H groups in total. The summed E-state index contributed by atoms with van der Waals surface area (Å²) in [5.74, 6) is -0.527. The van der Waals surface area contributed by atoms with E-state index in [9.17, 15) is 31.2 Å². The van der Waals surface area contributed by atoms with E-state index in [0.717, 1.165) is 36.4 Å². The third kappa shape index (κ3) is 4.28. The molecule has 0 amide bonds. The van der Waals surface area contributed by atoms with Crippen LogP contribution in [0.25, 0.3) is 11.0 Å². The van der Waals surface area contributed by atoms with Gasteiger partial charge in [-0.25, -0.2) is 8.42 Å². The molecule has 13 heteroatoms. The molecule has 0 fully saturated rings. The molecule has 0 unspecified atom stereocenters. The van der Waals surface area contributed by atoms with Crippen LogP contribution in [-0.4, -0.2) is 24.7 Å². The summed E-state index contributed by atoms with van der Waals surface area (Å²) in [6.45, 7) is 0. The van der Waals surface area contributed by atoms with Gasteiger partial charge in [-0.3, -0.25) is 14.3 Å².